The Kier molecular flexibility index (Phi) is 2.68. The molecule has 0 radical (unpaired) electrons. The van der Waals surface area contributed by atoms with Crippen molar-refractivity contribution in [2.75, 3.05) is 11.4 Å². The fourth-order valence-electron chi connectivity index (χ4n) is 1.92. The quantitative estimate of drug-likeness (QED) is 0.544. The minimum Gasteiger partial charge on any atom is -0.293 e. The Morgan fingerprint density at radius 3 is 2.71 bits per heavy atom. The number of nitrogens with zero attached hydrogens (tertiary/aromatic N) is 1. The number of ketones is 1. The number of rotatable bonds is 1. The largest absolute Gasteiger partial charge is 0.300 e. The fourth-order valence-corrected chi connectivity index (χ4v) is 1.92. The van der Waals surface area contributed by atoms with Crippen LogP contribution in [-0.4, -0.2) is 18.2 Å². The molecule has 0 fully saturated rings. The first-order valence-electron chi connectivity index (χ1n) is 5.12. The van der Waals surface area contributed by atoms with E-state index in [1.165, 1.54) is 11.0 Å². The van der Waals surface area contributed by atoms with Gasteiger partial charge in [0.2, 0.25) is 0 Å². The topological polar surface area (TPSA) is 37.4 Å². The lowest BCUT2D eigenvalue weighted by atomic mass is 10.1. The van der Waals surface area contributed by atoms with Crippen molar-refractivity contribution in [1.82, 2.24) is 0 Å². The summed E-state index contributed by atoms with van der Waals surface area (Å²) in [6.07, 6.45) is 0. The summed E-state index contributed by atoms with van der Waals surface area (Å²) < 4.78 is 13.2. The maximum absolute atomic E-state index is 13.2. The van der Waals surface area contributed by atoms with E-state index in [9.17, 15) is 14.0 Å². The molecule has 0 atom stereocenters. The van der Waals surface area contributed by atoms with Gasteiger partial charge in [-0.2, -0.15) is 0 Å². The zero-order valence-electron chi connectivity index (χ0n) is 9.50. The molecule has 1 aromatic rings. The van der Waals surface area contributed by atoms with Gasteiger partial charge in [-0.25, -0.2) is 4.39 Å². The smallest absolute Gasteiger partial charge is 0.293 e. The third-order valence-corrected chi connectivity index (χ3v) is 2.63. The van der Waals surface area contributed by atoms with E-state index in [2.05, 4.69) is 11.8 Å². The highest BCUT2D eigenvalue weighted by Crippen LogP contribution is 2.32. The lowest BCUT2D eigenvalue weighted by Gasteiger charge is -2.15. The number of carbonyl (C=O) groups is 2. The molecule has 0 aromatic heterocycles. The van der Waals surface area contributed by atoms with Crippen LogP contribution in [-0.2, 0) is 4.79 Å². The summed E-state index contributed by atoms with van der Waals surface area (Å²) in [4.78, 5) is 24.7. The van der Waals surface area contributed by atoms with Crippen LogP contribution in [0.4, 0.5) is 10.1 Å². The molecule has 0 saturated heterocycles. The molecule has 1 amide bonds. The zero-order chi connectivity index (χ0) is 12.6. The van der Waals surface area contributed by atoms with Crippen LogP contribution in [0.1, 0.15) is 22.8 Å². The summed E-state index contributed by atoms with van der Waals surface area (Å²) in [6.45, 7) is 3.47. The van der Waals surface area contributed by atoms with Gasteiger partial charge in [0.15, 0.2) is 0 Å². The van der Waals surface area contributed by atoms with E-state index in [1.807, 2.05) is 0 Å². The standard InChI is InChI=1S/C13H10FNO2/c1-3-4-5-15-11-8(2)6-9(14)7-10(11)12(16)13(15)17/h6-7H,5H2,1-2H3. The van der Waals surface area contributed by atoms with E-state index in [0.29, 0.717) is 11.3 Å². The van der Waals surface area contributed by atoms with E-state index in [4.69, 9.17) is 0 Å². The van der Waals surface area contributed by atoms with E-state index in [1.54, 1.807) is 13.8 Å². The second-order valence-electron chi connectivity index (χ2n) is 3.77. The van der Waals surface area contributed by atoms with Crippen LogP contribution >= 0.6 is 0 Å². The van der Waals surface area contributed by atoms with Crippen LogP contribution < -0.4 is 4.90 Å². The van der Waals surface area contributed by atoms with Crippen molar-refractivity contribution in [3.05, 3.63) is 29.1 Å². The van der Waals surface area contributed by atoms with Gasteiger partial charge in [0.05, 0.1) is 17.8 Å². The summed E-state index contributed by atoms with van der Waals surface area (Å²) in [5.41, 5.74) is 1.17. The Hall–Kier alpha value is -2.15. The molecular weight excluding hydrogens is 221 g/mol. The van der Waals surface area contributed by atoms with Gasteiger partial charge in [0, 0.05) is 0 Å². The van der Waals surface area contributed by atoms with E-state index >= 15 is 0 Å². The van der Waals surface area contributed by atoms with Crippen molar-refractivity contribution >= 4 is 17.4 Å². The molecule has 1 aliphatic heterocycles. The molecule has 0 saturated carbocycles. The number of amides is 1. The van der Waals surface area contributed by atoms with Crippen molar-refractivity contribution in [2.24, 2.45) is 0 Å². The first-order chi connectivity index (χ1) is 8.06. The third kappa shape index (κ3) is 1.70. The molecule has 0 bridgehead atoms. The normalized spacial score (nSPS) is 13.5. The van der Waals surface area contributed by atoms with Crippen molar-refractivity contribution in [3.63, 3.8) is 0 Å². The highest BCUT2D eigenvalue weighted by Gasteiger charge is 2.36. The van der Waals surface area contributed by atoms with Gasteiger partial charge in [-0.1, -0.05) is 5.92 Å². The third-order valence-electron chi connectivity index (χ3n) is 2.63. The molecule has 86 valence electrons. The summed E-state index contributed by atoms with van der Waals surface area (Å²) in [7, 11) is 0. The number of hydrogen-bond donors (Lipinski definition) is 0. The molecule has 0 aliphatic carbocycles. The van der Waals surface area contributed by atoms with Crippen molar-refractivity contribution < 1.29 is 14.0 Å². The fraction of sp³-hybridized carbons (Fsp3) is 0.231. The number of benzene rings is 1. The van der Waals surface area contributed by atoms with Crippen LogP contribution in [0.2, 0.25) is 0 Å². The van der Waals surface area contributed by atoms with Gasteiger partial charge in [-0.05, 0) is 31.5 Å². The molecule has 1 heterocycles. The Bertz CT molecular complexity index is 581. The number of halogens is 1. The molecule has 2 rings (SSSR count). The average Bonchev–Trinajstić information content (AvgIpc) is 2.51. The number of fused-ring (bicyclic) bond motifs is 1. The molecule has 4 heteroatoms. The van der Waals surface area contributed by atoms with Crippen molar-refractivity contribution in [3.8, 4) is 11.8 Å². The predicted molar refractivity (Wildman–Crippen MR) is 61.3 cm³/mol. The van der Waals surface area contributed by atoms with Gasteiger partial charge in [0.25, 0.3) is 11.7 Å². The highest BCUT2D eigenvalue weighted by atomic mass is 19.1. The van der Waals surface area contributed by atoms with E-state index in [-0.39, 0.29) is 12.1 Å². The SMILES string of the molecule is CC#CCN1C(=O)C(=O)c2cc(F)cc(C)c21. The summed E-state index contributed by atoms with van der Waals surface area (Å²) in [5, 5.41) is 0. The summed E-state index contributed by atoms with van der Waals surface area (Å²) >= 11 is 0. The minimum atomic E-state index is -0.666. The lowest BCUT2D eigenvalue weighted by molar-refractivity contribution is -0.114. The molecule has 0 spiro atoms. The molecule has 3 nitrogen and oxygen atoms in total. The molecular formula is C13H10FNO2. The van der Waals surface area contributed by atoms with Crippen LogP contribution in [0.5, 0.6) is 0 Å². The highest BCUT2D eigenvalue weighted by molar-refractivity contribution is 6.52. The number of hydrogen-bond acceptors (Lipinski definition) is 2. The van der Waals surface area contributed by atoms with Crippen LogP contribution in [0.3, 0.4) is 0 Å². The molecule has 17 heavy (non-hydrogen) atoms. The van der Waals surface area contributed by atoms with Gasteiger partial charge >= 0.3 is 0 Å². The Morgan fingerprint density at radius 2 is 2.06 bits per heavy atom. The Balaban J connectivity index is 2.58. The van der Waals surface area contributed by atoms with Gasteiger partial charge < -0.3 is 0 Å². The number of anilines is 1. The second kappa shape index (κ2) is 4.02. The second-order valence-corrected chi connectivity index (χ2v) is 3.77. The van der Waals surface area contributed by atoms with Crippen LogP contribution in [0.15, 0.2) is 12.1 Å². The van der Waals surface area contributed by atoms with E-state index in [0.717, 1.165) is 6.07 Å². The minimum absolute atomic E-state index is 0.130. The molecule has 1 aromatic carbocycles. The van der Waals surface area contributed by atoms with Gasteiger partial charge in [-0.3, -0.25) is 14.5 Å². The number of carbonyl (C=O) groups excluding carboxylic acids is 2. The molecule has 0 unspecified atom stereocenters. The van der Waals surface area contributed by atoms with E-state index < -0.39 is 17.5 Å². The number of aryl methyl sites for hydroxylation is 1. The first-order valence-corrected chi connectivity index (χ1v) is 5.12. The lowest BCUT2D eigenvalue weighted by Crippen LogP contribution is -2.30. The maximum atomic E-state index is 13.2. The summed E-state index contributed by atoms with van der Waals surface area (Å²) in [5.74, 6) is 3.58. The molecule has 0 N–H and O–H groups in total. The predicted octanol–water partition coefficient (Wildman–Crippen LogP) is 1.69. The van der Waals surface area contributed by atoms with Gasteiger partial charge in [0.1, 0.15) is 5.82 Å². The van der Waals surface area contributed by atoms with Gasteiger partial charge in [-0.15, -0.1) is 5.92 Å². The zero-order valence-corrected chi connectivity index (χ0v) is 9.50. The Morgan fingerprint density at radius 1 is 1.35 bits per heavy atom. The van der Waals surface area contributed by atoms with Crippen LogP contribution in [0.25, 0.3) is 0 Å². The monoisotopic (exact) mass is 231 g/mol. The maximum Gasteiger partial charge on any atom is 0.300 e. The molecule has 1 aliphatic rings. The average molecular weight is 231 g/mol. The first kappa shape index (κ1) is 11.3. The summed E-state index contributed by atoms with van der Waals surface area (Å²) in [6, 6.07) is 2.40. The van der Waals surface area contributed by atoms with Crippen molar-refractivity contribution in [1.29, 1.82) is 0 Å². The van der Waals surface area contributed by atoms with Crippen LogP contribution in [0, 0.1) is 24.6 Å². The van der Waals surface area contributed by atoms with Crippen molar-refractivity contribution in [2.45, 2.75) is 13.8 Å². The number of Topliss-reactive ketones (excluding diaryl/α,β-unsaturated/α-hetero) is 1. The Labute approximate surface area is 98.2 Å².